The first-order valence-corrected chi connectivity index (χ1v) is 12.2. The Morgan fingerprint density at radius 3 is 2.38 bits per heavy atom. The van der Waals surface area contributed by atoms with Crippen LogP contribution >= 0.6 is 11.8 Å². The maximum Gasteiger partial charge on any atom is 0.188 e. The van der Waals surface area contributed by atoms with Crippen LogP contribution in [0.25, 0.3) is 0 Å². The average molecular weight is 334 g/mol. The van der Waals surface area contributed by atoms with Gasteiger partial charge >= 0.3 is 0 Å². The molecule has 3 nitrogen and oxygen atoms in total. The summed E-state index contributed by atoms with van der Waals surface area (Å²) in [5.41, 5.74) is 0. The summed E-state index contributed by atoms with van der Waals surface area (Å²) in [6.45, 7) is 5.21. The molecule has 0 aliphatic carbocycles. The summed E-state index contributed by atoms with van der Waals surface area (Å²) in [6.07, 6.45) is 7.72. The molecule has 0 aromatic rings. The van der Waals surface area contributed by atoms with E-state index in [1.165, 1.54) is 37.4 Å². The van der Waals surface area contributed by atoms with E-state index in [0.717, 1.165) is 43.6 Å². The summed E-state index contributed by atoms with van der Waals surface area (Å²) >= 11 is 1.47. The van der Waals surface area contributed by atoms with Gasteiger partial charge in [-0.05, 0) is 52.1 Å². The number of nitrogens with zero attached hydrogens (tertiary/aromatic N) is 1. The number of carbonyl (C=O) groups is 1. The van der Waals surface area contributed by atoms with Gasteiger partial charge in [0.15, 0.2) is 13.4 Å². The Labute approximate surface area is 137 Å². The fourth-order valence-electron chi connectivity index (χ4n) is 2.17. The molecule has 0 aliphatic heterocycles. The quantitative estimate of drug-likeness (QED) is 0.406. The van der Waals surface area contributed by atoms with Crippen LogP contribution in [0, 0.1) is 0 Å². The van der Waals surface area contributed by atoms with E-state index in [4.69, 9.17) is 0 Å². The summed E-state index contributed by atoms with van der Waals surface area (Å²) in [4.78, 5) is 24.2. The number of thioether (sulfide) groups is 1. The van der Waals surface area contributed by atoms with Crippen LogP contribution in [-0.4, -0.2) is 49.5 Å². The monoisotopic (exact) mass is 333 g/mol. The predicted octanol–water partition coefficient (Wildman–Crippen LogP) is 4.13. The first kappa shape index (κ1) is 21.2. The topological polar surface area (TPSA) is 40.5 Å². The molecule has 0 fully saturated rings. The third-order valence-corrected chi connectivity index (χ3v) is 7.46. The van der Waals surface area contributed by atoms with Gasteiger partial charge in [-0.25, -0.2) is 0 Å². The van der Waals surface area contributed by atoms with E-state index < -0.39 is 8.32 Å². The maximum absolute atomic E-state index is 11.7. The Morgan fingerprint density at radius 2 is 1.76 bits per heavy atom. The number of unbranched alkanes of at least 4 members (excludes halogenated alkanes) is 4. The van der Waals surface area contributed by atoms with Gasteiger partial charge in [0.25, 0.3) is 0 Å². The second-order valence-electron chi connectivity index (χ2n) is 6.54. The van der Waals surface area contributed by atoms with E-state index in [1.807, 2.05) is 20.6 Å². The smallest absolute Gasteiger partial charge is 0.188 e. The number of hydrogen-bond donors (Lipinski definition) is 1. The van der Waals surface area contributed by atoms with Gasteiger partial charge in [-0.2, -0.15) is 0 Å². The molecule has 0 aromatic carbocycles. The molecule has 1 N–H and O–H groups in total. The van der Waals surface area contributed by atoms with E-state index in [9.17, 15) is 9.59 Å². The number of carbonyl (C=O) groups excluding carboxylic acids is 1. The van der Waals surface area contributed by atoms with E-state index in [0.29, 0.717) is 5.12 Å². The zero-order chi connectivity index (χ0) is 16.1. The minimum absolute atomic E-state index is 0.334. The molecule has 0 aliphatic rings. The molecule has 0 saturated heterocycles. The molecule has 1 atom stereocenters. The molecule has 0 bridgehead atoms. The van der Waals surface area contributed by atoms with Crippen molar-refractivity contribution in [2.75, 3.05) is 26.4 Å². The summed E-state index contributed by atoms with van der Waals surface area (Å²) in [5.74, 6) is 0.874. The zero-order valence-electron chi connectivity index (χ0n) is 14.5. The van der Waals surface area contributed by atoms with Gasteiger partial charge in [-0.1, -0.05) is 44.4 Å². The van der Waals surface area contributed by atoms with Crippen molar-refractivity contribution in [1.29, 1.82) is 0 Å². The van der Waals surface area contributed by atoms with Gasteiger partial charge < -0.3 is 9.70 Å². The fourth-order valence-corrected chi connectivity index (χ4v) is 5.35. The summed E-state index contributed by atoms with van der Waals surface area (Å²) in [5, 5.41) is 0.334. The molecular formula is C16H35NO2SSi. The molecule has 0 aromatic heterocycles. The second-order valence-corrected chi connectivity index (χ2v) is 11.7. The van der Waals surface area contributed by atoms with Crippen LogP contribution < -0.4 is 0 Å². The molecule has 5 heteroatoms. The molecule has 0 amide bonds. The molecule has 0 heterocycles. The first-order chi connectivity index (χ1) is 9.87. The van der Waals surface area contributed by atoms with E-state index in [-0.39, 0.29) is 0 Å². The van der Waals surface area contributed by atoms with Gasteiger partial charge in [0.1, 0.15) is 0 Å². The van der Waals surface area contributed by atoms with Crippen LogP contribution in [-0.2, 0) is 4.79 Å². The number of hydrogen-bond acceptors (Lipinski definition) is 4. The highest BCUT2D eigenvalue weighted by Gasteiger charge is 2.23. The Kier molecular flexibility index (Phi) is 12.8. The van der Waals surface area contributed by atoms with Gasteiger partial charge in [-0.15, -0.1) is 0 Å². The van der Waals surface area contributed by atoms with E-state index in [2.05, 4.69) is 11.8 Å². The molecule has 0 spiro atoms. The summed E-state index contributed by atoms with van der Waals surface area (Å²) in [7, 11) is 2.04. The lowest BCUT2D eigenvalue weighted by molar-refractivity contribution is -0.111. The fraction of sp³-hybridized carbons (Fsp3) is 0.938. The Hall–Kier alpha value is 0.157. The van der Waals surface area contributed by atoms with Crippen LogP contribution in [0.4, 0.5) is 0 Å². The van der Waals surface area contributed by atoms with E-state index >= 15 is 0 Å². The van der Waals surface area contributed by atoms with Crippen LogP contribution in [0.5, 0.6) is 0 Å². The molecule has 126 valence electrons. The van der Waals surface area contributed by atoms with Crippen molar-refractivity contribution in [3.05, 3.63) is 0 Å². The molecule has 0 saturated carbocycles. The third kappa shape index (κ3) is 14.8. The van der Waals surface area contributed by atoms with E-state index in [1.54, 1.807) is 0 Å². The predicted molar refractivity (Wildman–Crippen MR) is 97.5 cm³/mol. The van der Waals surface area contributed by atoms with Gasteiger partial charge in [0.05, 0.1) is 0 Å². The SMILES string of the molecule is CCCCCCCC(=O)SCCC[Si](C)(O)CCN(C)C. The molecule has 0 radical (unpaired) electrons. The Bertz CT molecular complexity index is 273. The van der Waals surface area contributed by atoms with Crippen LogP contribution in [0.15, 0.2) is 0 Å². The van der Waals surface area contributed by atoms with Crippen LogP contribution in [0.3, 0.4) is 0 Å². The molecule has 1 unspecified atom stereocenters. The zero-order valence-corrected chi connectivity index (χ0v) is 16.3. The molecule has 0 rings (SSSR count). The summed E-state index contributed by atoms with van der Waals surface area (Å²) in [6, 6.07) is 1.84. The Morgan fingerprint density at radius 1 is 1.10 bits per heavy atom. The third-order valence-electron chi connectivity index (χ3n) is 3.70. The maximum atomic E-state index is 11.7. The lowest BCUT2D eigenvalue weighted by Gasteiger charge is -2.22. The van der Waals surface area contributed by atoms with Crippen molar-refractivity contribution in [3.8, 4) is 0 Å². The Balaban J connectivity index is 3.54. The van der Waals surface area contributed by atoms with Crippen molar-refractivity contribution in [1.82, 2.24) is 4.90 Å². The highest BCUT2D eigenvalue weighted by atomic mass is 32.2. The first-order valence-electron chi connectivity index (χ1n) is 8.40. The minimum Gasteiger partial charge on any atom is -0.432 e. The van der Waals surface area contributed by atoms with Crippen LogP contribution in [0.1, 0.15) is 51.9 Å². The highest BCUT2D eigenvalue weighted by Crippen LogP contribution is 2.18. The number of rotatable bonds is 13. The average Bonchev–Trinajstić information content (AvgIpc) is 2.41. The van der Waals surface area contributed by atoms with Crippen LogP contribution in [0.2, 0.25) is 18.6 Å². The highest BCUT2D eigenvalue weighted by molar-refractivity contribution is 8.13. The van der Waals surface area contributed by atoms with Crippen molar-refractivity contribution < 1.29 is 9.59 Å². The normalized spacial score (nSPS) is 14.4. The van der Waals surface area contributed by atoms with Crippen molar-refractivity contribution in [3.63, 3.8) is 0 Å². The van der Waals surface area contributed by atoms with Crippen molar-refractivity contribution in [2.45, 2.75) is 70.5 Å². The van der Waals surface area contributed by atoms with Gasteiger partial charge in [0.2, 0.25) is 0 Å². The lowest BCUT2D eigenvalue weighted by atomic mass is 10.1. The van der Waals surface area contributed by atoms with Crippen molar-refractivity contribution >= 4 is 25.2 Å². The van der Waals surface area contributed by atoms with Gasteiger partial charge in [0, 0.05) is 12.2 Å². The summed E-state index contributed by atoms with van der Waals surface area (Å²) < 4.78 is 0. The standard InChI is InChI=1S/C16H35NO2SSi/c1-5-6-7-8-9-11-16(18)20-13-10-14-21(4,19)15-12-17(2)3/h19H,5-15H2,1-4H3. The van der Waals surface area contributed by atoms with Crippen molar-refractivity contribution in [2.24, 2.45) is 0 Å². The second kappa shape index (κ2) is 12.7. The molecule has 21 heavy (non-hydrogen) atoms. The minimum atomic E-state index is -2.04. The van der Waals surface area contributed by atoms with Gasteiger partial charge in [-0.3, -0.25) is 4.79 Å². The lowest BCUT2D eigenvalue weighted by Crippen LogP contribution is -2.34. The largest absolute Gasteiger partial charge is 0.432 e. The molecular weight excluding hydrogens is 298 g/mol.